The van der Waals surface area contributed by atoms with Crippen LogP contribution in [-0.2, 0) is 26.2 Å². The van der Waals surface area contributed by atoms with Gasteiger partial charge in [0.1, 0.15) is 12.6 Å². The second-order valence-electron chi connectivity index (χ2n) is 9.84. The molecule has 0 unspecified atom stereocenters. The molecule has 0 aromatic heterocycles. The van der Waals surface area contributed by atoms with Crippen LogP contribution in [0.1, 0.15) is 38.2 Å². The highest BCUT2D eigenvalue weighted by molar-refractivity contribution is 7.92. The van der Waals surface area contributed by atoms with Gasteiger partial charge in [0.2, 0.25) is 11.8 Å². The average molecular weight is 657 g/mol. The molecule has 2 amide bonds. The van der Waals surface area contributed by atoms with Gasteiger partial charge in [0.05, 0.1) is 10.6 Å². The number of nitrogens with one attached hydrogen (secondary N) is 1. The van der Waals surface area contributed by atoms with Crippen molar-refractivity contribution in [2.24, 2.45) is 0 Å². The SMILES string of the molecule is C[C@@H](C(=O)NC1CCCC1)N(Cc1c(Cl)cccc1Cl)C(=O)CN(c1cc(Cl)cc(Cl)c1)S(=O)(=O)c1ccccc1. The minimum atomic E-state index is -4.25. The predicted molar refractivity (Wildman–Crippen MR) is 164 cm³/mol. The van der Waals surface area contributed by atoms with Crippen LogP contribution in [0.3, 0.4) is 0 Å². The van der Waals surface area contributed by atoms with Gasteiger partial charge in [0, 0.05) is 38.2 Å². The molecule has 1 N–H and O–H groups in total. The topological polar surface area (TPSA) is 86.8 Å². The van der Waals surface area contributed by atoms with E-state index in [0.717, 1.165) is 30.0 Å². The van der Waals surface area contributed by atoms with E-state index >= 15 is 0 Å². The summed E-state index contributed by atoms with van der Waals surface area (Å²) >= 11 is 25.3. The maximum Gasteiger partial charge on any atom is 0.264 e. The van der Waals surface area contributed by atoms with Crippen LogP contribution in [0, 0.1) is 0 Å². The van der Waals surface area contributed by atoms with Crippen molar-refractivity contribution < 1.29 is 18.0 Å². The van der Waals surface area contributed by atoms with Crippen LogP contribution < -0.4 is 9.62 Å². The van der Waals surface area contributed by atoms with Gasteiger partial charge in [0.25, 0.3) is 10.0 Å². The zero-order chi connectivity index (χ0) is 29.7. The van der Waals surface area contributed by atoms with Crippen molar-refractivity contribution in [3.8, 4) is 0 Å². The Morgan fingerprint density at radius 3 is 2.07 bits per heavy atom. The summed E-state index contributed by atoms with van der Waals surface area (Å²) in [5, 5.41) is 4.03. The first-order chi connectivity index (χ1) is 19.5. The monoisotopic (exact) mass is 655 g/mol. The fraction of sp³-hybridized carbons (Fsp3) is 0.310. The van der Waals surface area contributed by atoms with Gasteiger partial charge >= 0.3 is 0 Å². The molecule has 0 bridgehead atoms. The summed E-state index contributed by atoms with van der Waals surface area (Å²) in [5.74, 6) is -0.998. The Kier molecular flexibility index (Phi) is 10.5. The molecule has 0 radical (unpaired) electrons. The number of carbonyl (C=O) groups excluding carboxylic acids is 2. The highest BCUT2D eigenvalue weighted by atomic mass is 35.5. The number of sulfonamides is 1. The molecule has 3 aromatic carbocycles. The van der Waals surface area contributed by atoms with Gasteiger partial charge in [-0.25, -0.2) is 8.42 Å². The first kappa shape index (κ1) is 31.4. The van der Waals surface area contributed by atoms with E-state index in [0.29, 0.717) is 15.6 Å². The van der Waals surface area contributed by atoms with Gasteiger partial charge in [-0.3, -0.25) is 13.9 Å². The number of hydrogen-bond donors (Lipinski definition) is 1. The van der Waals surface area contributed by atoms with Gasteiger partial charge in [-0.15, -0.1) is 0 Å². The Morgan fingerprint density at radius 2 is 1.49 bits per heavy atom. The maximum absolute atomic E-state index is 14.1. The third-order valence-corrected chi connectivity index (χ3v) is 9.94. The fourth-order valence-corrected chi connectivity index (χ4v) is 7.21. The number of amides is 2. The van der Waals surface area contributed by atoms with Gasteiger partial charge in [-0.05, 0) is 62.2 Å². The van der Waals surface area contributed by atoms with Crippen molar-refractivity contribution >= 4 is 73.9 Å². The van der Waals surface area contributed by atoms with E-state index < -0.39 is 28.5 Å². The van der Waals surface area contributed by atoms with E-state index in [4.69, 9.17) is 46.4 Å². The quantitative estimate of drug-likeness (QED) is 0.255. The van der Waals surface area contributed by atoms with E-state index in [1.54, 1.807) is 43.3 Å². The summed E-state index contributed by atoms with van der Waals surface area (Å²) in [7, 11) is -4.25. The highest BCUT2D eigenvalue weighted by Crippen LogP contribution is 2.31. The Balaban J connectivity index is 1.73. The number of benzene rings is 3. The lowest BCUT2D eigenvalue weighted by molar-refractivity contribution is -0.139. The zero-order valence-electron chi connectivity index (χ0n) is 22.2. The molecule has 218 valence electrons. The molecular formula is C29H29Cl4N3O4S. The molecule has 1 aliphatic carbocycles. The molecule has 0 heterocycles. The summed E-state index contributed by atoms with van der Waals surface area (Å²) in [6.45, 7) is 0.836. The zero-order valence-corrected chi connectivity index (χ0v) is 26.0. The van der Waals surface area contributed by atoms with E-state index in [1.165, 1.54) is 35.2 Å². The molecule has 3 aromatic rings. The lowest BCUT2D eigenvalue weighted by atomic mass is 10.1. The lowest BCUT2D eigenvalue weighted by Gasteiger charge is -2.33. The Hall–Kier alpha value is -2.49. The second-order valence-corrected chi connectivity index (χ2v) is 13.4. The molecule has 4 rings (SSSR count). The van der Waals surface area contributed by atoms with Crippen molar-refractivity contribution in [2.75, 3.05) is 10.8 Å². The molecular weight excluding hydrogens is 628 g/mol. The van der Waals surface area contributed by atoms with Crippen molar-refractivity contribution in [3.05, 3.63) is 92.4 Å². The molecule has 41 heavy (non-hydrogen) atoms. The van der Waals surface area contributed by atoms with Crippen LogP contribution in [0.15, 0.2) is 71.6 Å². The number of rotatable bonds is 10. The molecule has 1 atom stereocenters. The van der Waals surface area contributed by atoms with Crippen LogP contribution in [-0.4, -0.2) is 43.8 Å². The minimum Gasteiger partial charge on any atom is -0.352 e. The fourth-order valence-electron chi connectivity index (χ4n) is 4.76. The Morgan fingerprint density at radius 1 is 0.902 bits per heavy atom. The van der Waals surface area contributed by atoms with Gasteiger partial charge in [0.15, 0.2) is 0 Å². The minimum absolute atomic E-state index is 0.0226. The third kappa shape index (κ3) is 7.67. The van der Waals surface area contributed by atoms with Crippen LogP contribution in [0.4, 0.5) is 5.69 Å². The van der Waals surface area contributed by atoms with Crippen molar-refractivity contribution in [2.45, 2.75) is 56.1 Å². The molecule has 12 heteroatoms. The molecule has 0 saturated heterocycles. The van der Waals surface area contributed by atoms with E-state index in [-0.39, 0.29) is 39.1 Å². The summed E-state index contributed by atoms with van der Waals surface area (Å²) in [6.07, 6.45) is 3.76. The average Bonchev–Trinajstić information content (AvgIpc) is 3.44. The number of halogens is 4. The number of nitrogens with zero attached hydrogens (tertiary/aromatic N) is 2. The van der Waals surface area contributed by atoms with Crippen molar-refractivity contribution in [1.82, 2.24) is 10.2 Å². The largest absolute Gasteiger partial charge is 0.352 e. The Labute approximate surface area is 260 Å². The first-order valence-electron chi connectivity index (χ1n) is 13.0. The standard InChI is InChI=1S/C29H29Cl4N3O4S/c1-19(29(38)34-22-8-5-6-9-22)35(17-25-26(32)12-7-13-27(25)33)28(37)18-36(23-15-20(30)14-21(31)16-23)41(39,40)24-10-3-2-4-11-24/h2-4,7,10-16,19,22H,5-6,8-9,17-18H2,1H3,(H,34,38)/t19-/m0/s1. The number of anilines is 1. The van der Waals surface area contributed by atoms with Crippen molar-refractivity contribution in [3.63, 3.8) is 0 Å². The van der Waals surface area contributed by atoms with Gasteiger partial charge in [-0.1, -0.05) is 83.5 Å². The first-order valence-corrected chi connectivity index (χ1v) is 16.0. The van der Waals surface area contributed by atoms with Crippen LogP contribution in [0.2, 0.25) is 20.1 Å². The smallest absolute Gasteiger partial charge is 0.264 e. The molecule has 0 aliphatic heterocycles. The number of hydrogen-bond acceptors (Lipinski definition) is 4. The highest BCUT2D eigenvalue weighted by Gasteiger charge is 2.34. The third-order valence-electron chi connectivity index (χ3n) is 7.00. The van der Waals surface area contributed by atoms with E-state index in [9.17, 15) is 18.0 Å². The Bertz CT molecular complexity index is 1480. The molecule has 1 saturated carbocycles. The molecule has 1 fully saturated rings. The summed E-state index contributed by atoms with van der Waals surface area (Å²) in [4.78, 5) is 28.7. The summed E-state index contributed by atoms with van der Waals surface area (Å²) in [5.41, 5.74) is 0.534. The molecule has 0 spiro atoms. The van der Waals surface area contributed by atoms with Gasteiger partial charge in [-0.2, -0.15) is 0 Å². The van der Waals surface area contributed by atoms with Crippen LogP contribution >= 0.6 is 46.4 Å². The molecule has 1 aliphatic rings. The maximum atomic E-state index is 14.1. The van der Waals surface area contributed by atoms with Crippen LogP contribution in [0.5, 0.6) is 0 Å². The number of carbonyl (C=O) groups is 2. The van der Waals surface area contributed by atoms with Gasteiger partial charge < -0.3 is 10.2 Å². The summed E-state index contributed by atoms with van der Waals surface area (Å²) < 4.78 is 28.7. The lowest BCUT2D eigenvalue weighted by Crippen LogP contribution is -2.52. The second kappa shape index (κ2) is 13.7. The molecule has 7 nitrogen and oxygen atoms in total. The van der Waals surface area contributed by atoms with Crippen LogP contribution in [0.25, 0.3) is 0 Å². The van der Waals surface area contributed by atoms with E-state index in [1.807, 2.05) is 0 Å². The summed E-state index contributed by atoms with van der Waals surface area (Å²) in [6, 6.07) is 16.0. The predicted octanol–water partition coefficient (Wildman–Crippen LogP) is 6.97. The normalized spacial score (nSPS) is 14.5. The van der Waals surface area contributed by atoms with Crippen molar-refractivity contribution in [1.29, 1.82) is 0 Å². The van der Waals surface area contributed by atoms with E-state index in [2.05, 4.69) is 5.32 Å².